The van der Waals surface area contributed by atoms with Crippen LogP contribution in [0.2, 0.25) is 0 Å². The number of hydrogen-bond donors (Lipinski definition) is 1. The summed E-state index contributed by atoms with van der Waals surface area (Å²) in [7, 11) is 2.11. The molecule has 1 aliphatic heterocycles. The van der Waals surface area contributed by atoms with Gasteiger partial charge in [0.15, 0.2) is 0 Å². The fraction of sp³-hybridized carbons (Fsp3) is 0.923. The van der Waals surface area contributed by atoms with E-state index in [0.29, 0.717) is 11.8 Å². The van der Waals surface area contributed by atoms with E-state index in [1.54, 1.807) is 0 Å². The molecule has 0 aromatic rings. The summed E-state index contributed by atoms with van der Waals surface area (Å²) in [5.74, 6) is 1.12. The number of rotatable bonds is 1. The predicted octanol–water partition coefficient (Wildman–Crippen LogP) is 0.524. The summed E-state index contributed by atoms with van der Waals surface area (Å²) in [5.41, 5.74) is 6.03. The van der Waals surface area contributed by atoms with Gasteiger partial charge in [-0.15, -0.1) is 0 Å². The van der Waals surface area contributed by atoms with Crippen molar-refractivity contribution < 1.29 is 4.79 Å². The van der Waals surface area contributed by atoms with Gasteiger partial charge in [0.05, 0.1) is 0 Å². The van der Waals surface area contributed by atoms with Crippen molar-refractivity contribution in [3.05, 3.63) is 0 Å². The van der Waals surface area contributed by atoms with Crippen LogP contribution >= 0.6 is 0 Å². The van der Waals surface area contributed by atoms with Crippen molar-refractivity contribution in [2.24, 2.45) is 17.6 Å². The van der Waals surface area contributed by atoms with Crippen LogP contribution < -0.4 is 5.73 Å². The molecule has 4 heteroatoms. The minimum absolute atomic E-state index is 0.178. The van der Waals surface area contributed by atoms with Crippen LogP contribution in [0.4, 0.5) is 0 Å². The van der Waals surface area contributed by atoms with Crippen LogP contribution in [-0.4, -0.2) is 55.0 Å². The molecule has 17 heavy (non-hydrogen) atoms. The van der Waals surface area contributed by atoms with Gasteiger partial charge in [-0.05, 0) is 32.2 Å². The van der Waals surface area contributed by atoms with Crippen molar-refractivity contribution in [2.75, 3.05) is 33.2 Å². The maximum atomic E-state index is 12.4. The van der Waals surface area contributed by atoms with Gasteiger partial charge in [-0.3, -0.25) is 4.79 Å². The summed E-state index contributed by atoms with van der Waals surface area (Å²) >= 11 is 0. The lowest BCUT2D eigenvalue weighted by atomic mass is 9.79. The predicted molar refractivity (Wildman–Crippen MR) is 68.6 cm³/mol. The first kappa shape index (κ1) is 12.8. The Balaban J connectivity index is 1.90. The molecule has 98 valence electrons. The third-order valence-corrected chi connectivity index (χ3v) is 4.14. The fourth-order valence-electron chi connectivity index (χ4n) is 3.14. The maximum Gasteiger partial charge on any atom is 0.225 e. The van der Waals surface area contributed by atoms with Crippen molar-refractivity contribution in [3.8, 4) is 0 Å². The molecular formula is C13H25N3O. The van der Waals surface area contributed by atoms with Gasteiger partial charge in [0.25, 0.3) is 0 Å². The van der Waals surface area contributed by atoms with Crippen LogP contribution in [0.1, 0.15) is 26.2 Å². The molecular weight excluding hydrogens is 214 g/mol. The van der Waals surface area contributed by atoms with Gasteiger partial charge in [0.1, 0.15) is 0 Å². The lowest BCUT2D eigenvalue weighted by Crippen LogP contribution is -2.50. The summed E-state index contributed by atoms with van der Waals surface area (Å²) < 4.78 is 0. The second kappa shape index (κ2) is 5.36. The van der Waals surface area contributed by atoms with Gasteiger partial charge in [0, 0.05) is 38.1 Å². The van der Waals surface area contributed by atoms with Crippen LogP contribution in [0.15, 0.2) is 0 Å². The smallest absolute Gasteiger partial charge is 0.225 e. The molecule has 0 aromatic carbocycles. The number of amides is 1. The first-order valence-electron chi connectivity index (χ1n) is 6.79. The molecule has 1 saturated carbocycles. The molecule has 1 amide bonds. The van der Waals surface area contributed by atoms with Crippen LogP contribution in [0.3, 0.4) is 0 Å². The third-order valence-electron chi connectivity index (χ3n) is 4.14. The second-order valence-electron chi connectivity index (χ2n) is 5.90. The third kappa shape index (κ3) is 3.19. The second-order valence-corrected chi connectivity index (χ2v) is 5.90. The van der Waals surface area contributed by atoms with Crippen molar-refractivity contribution in [1.82, 2.24) is 9.80 Å². The first-order valence-corrected chi connectivity index (χ1v) is 6.79. The zero-order valence-corrected chi connectivity index (χ0v) is 11.1. The highest BCUT2D eigenvalue weighted by Crippen LogP contribution is 2.29. The number of hydrogen-bond acceptors (Lipinski definition) is 3. The molecule has 2 rings (SSSR count). The van der Waals surface area contributed by atoms with Crippen LogP contribution in [0.5, 0.6) is 0 Å². The molecule has 3 unspecified atom stereocenters. The Morgan fingerprint density at radius 2 is 1.76 bits per heavy atom. The van der Waals surface area contributed by atoms with Crippen LogP contribution in [-0.2, 0) is 4.79 Å². The average molecular weight is 239 g/mol. The lowest BCUT2D eigenvalue weighted by molar-refractivity contribution is -0.138. The van der Waals surface area contributed by atoms with Gasteiger partial charge in [0.2, 0.25) is 5.91 Å². The van der Waals surface area contributed by atoms with Crippen LogP contribution in [0.25, 0.3) is 0 Å². The highest BCUT2D eigenvalue weighted by molar-refractivity contribution is 5.79. The number of likely N-dealkylation sites (N-methyl/N-ethyl adjacent to an activating group) is 1. The van der Waals surface area contributed by atoms with E-state index in [1.165, 1.54) is 0 Å². The van der Waals surface area contributed by atoms with Crippen molar-refractivity contribution in [3.63, 3.8) is 0 Å². The van der Waals surface area contributed by atoms with Gasteiger partial charge in [-0.1, -0.05) is 6.92 Å². The summed E-state index contributed by atoms with van der Waals surface area (Å²) in [6.07, 6.45) is 2.99. The topological polar surface area (TPSA) is 49.6 Å². The Morgan fingerprint density at radius 3 is 2.35 bits per heavy atom. The number of nitrogens with zero attached hydrogens (tertiary/aromatic N) is 2. The van der Waals surface area contributed by atoms with E-state index in [2.05, 4.69) is 18.9 Å². The maximum absolute atomic E-state index is 12.4. The molecule has 0 bridgehead atoms. The highest BCUT2D eigenvalue weighted by atomic mass is 16.2. The number of carbonyl (C=O) groups excluding carboxylic acids is 1. The van der Waals surface area contributed by atoms with E-state index in [9.17, 15) is 4.79 Å². The molecule has 2 fully saturated rings. The molecule has 0 spiro atoms. The zero-order chi connectivity index (χ0) is 12.4. The molecule has 2 N–H and O–H groups in total. The van der Waals surface area contributed by atoms with E-state index >= 15 is 0 Å². The lowest BCUT2D eigenvalue weighted by Gasteiger charge is -2.37. The Morgan fingerprint density at radius 1 is 1.12 bits per heavy atom. The molecule has 1 saturated heterocycles. The largest absolute Gasteiger partial charge is 0.340 e. The highest BCUT2D eigenvalue weighted by Gasteiger charge is 2.32. The first-order chi connectivity index (χ1) is 8.06. The quantitative estimate of drug-likeness (QED) is 0.726. The van der Waals surface area contributed by atoms with Crippen molar-refractivity contribution in [1.29, 1.82) is 0 Å². The van der Waals surface area contributed by atoms with E-state index < -0.39 is 0 Å². The van der Waals surface area contributed by atoms with Crippen molar-refractivity contribution in [2.45, 2.75) is 32.2 Å². The number of nitrogens with two attached hydrogens (primary N) is 1. The molecule has 1 aliphatic carbocycles. The molecule has 4 nitrogen and oxygen atoms in total. The summed E-state index contributed by atoms with van der Waals surface area (Å²) in [5, 5.41) is 0. The van der Waals surface area contributed by atoms with E-state index in [0.717, 1.165) is 45.4 Å². The van der Waals surface area contributed by atoms with Gasteiger partial charge in [-0.25, -0.2) is 0 Å². The standard InChI is InChI=1S/C13H25N3O/c1-10-7-11(9-12(14)8-10)13(17)16-5-3-15(2)4-6-16/h10-12H,3-9,14H2,1-2H3. The van der Waals surface area contributed by atoms with Crippen molar-refractivity contribution >= 4 is 5.91 Å². The minimum Gasteiger partial charge on any atom is -0.340 e. The average Bonchev–Trinajstić information content (AvgIpc) is 2.28. The molecule has 0 aromatic heterocycles. The monoisotopic (exact) mass is 239 g/mol. The number of piperazine rings is 1. The normalized spacial score (nSPS) is 35.9. The van der Waals surface area contributed by atoms with E-state index in [-0.39, 0.29) is 12.0 Å². The molecule has 3 atom stereocenters. The Labute approximate surface area is 104 Å². The summed E-state index contributed by atoms with van der Waals surface area (Å²) in [6, 6.07) is 0.222. The Hall–Kier alpha value is -0.610. The van der Waals surface area contributed by atoms with E-state index in [1.807, 2.05) is 4.90 Å². The fourth-order valence-corrected chi connectivity index (χ4v) is 3.14. The Bertz CT molecular complexity index is 264. The molecule has 2 aliphatic rings. The SMILES string of the molecule is CC1CC(N)CC(C(=O)N2CCN(C)CC2)C1. The summed E-state index contributed by atoms with van der Waals surface area (Å²) in [4.78, 5) is 16.7. The van der Waals surface area contributed by atoms with E-state index in [4.69, 9.17) is 5.73 Å². The molecule has 0 radical (unpaired) electrons. The summed E-state index contributed by atoms with van der Waals surface area (Å²) in [6.45, 7) is 5.98. The minimum atomic E-state index is 0.178. The van der Waals surface area contributed by atoms with Gasteiger partial charge < -0.3 is 15.5 Å². The number of carbonyl (C=O) groups is 1. The zero-order valence-electron chi connectivity index (χ0n) is 11.1. The molecule has 1 heterocycles. The van der Waals surface area contributed by atoms with Gasteiger partial charge in [-0.2, -0.15) is 0 Å². The Kier molecular flexibility index (Phi) is 4.05. The van der Waals surface area contributed by atoms with Crippen LogP contribution in [0, 0.1) is 11.8 Å². The van der Waals surface area contributed by atoms with Gasteiger partial charge >= 0.3 is 0 Å².